The number of benzene rings is 3. The number of aliphatic carboxylic acids is 1. The van der Waals surface area contributed by atoms with E-state index in [2.05, 4.69) is 37.7 Å². The molecule has 0 bridgehead atoms. The molecule has 0 aliphatic heterocycles. The quantitative estimate of drug-likeness (QED) is 0.0805. The topological polar surface area (TPSA) is 250 Å². The lowest BCUT2D eigenvalue weighted by atomic mass is 9.87. The van der Waals surface area contributed by atoms with Crippen LogP contribution in [0.25, 0.3) is 0 Å². The number of nitrogens with zero attached hydrogens (tertiary/aromatic N) is 3. The molecule has 0 spiro atoms. The first kappa shape index (κ1) is 59.5. The fraction of sp³-hybridized carbons (Fsp3) is 0.418. The van der Waals surface area contributed by atoms with Crippen molar-refractivity contribution in [2.75, 3.05) is 13.2 Å². The van der Waals surface area contributed by atoms with Gasteiger partial charge in [0.05, 0.1) is 18.8 Å². The molecular weight excluding hydrogens is 1050 g/mol. The Morgan fingerprint density at radius 2 is 0.819 bits per heavy atom. The maximum absolute atomic E-state index is 13.3. The normalized spacial score (nSPS) is 20.2. The summed E-state index contributed by atoms with van der Waals surface area (Å²) in [6.07, 6.45) is 20.3. The third kappa shape index (κ3) is 13.2. The molecule has 0 saturated carbocycles. The number of aromatic carboxylic acids is 1. The van der Waals surface area contributed by atoms with Gasteiger partial charge in [0.1, 0.15) is 16.6 Å². The highest BCUT2D eigenvalue weighted by atomic mass is 16.5. The number of carboxylic acids is 2. The fourth-order valence-corrected chi connectivity index (χ4v) is 12.9. The molecule has 0 radical (unpaired) electrons. The monoisotopic (exact) mass is 1120 g/mol. The first-order valence-corrected chi connectivity index (χ1v) is 29.2. The maximum Gasteiger partial charge on any atom is 0.335 e. The zero-order valence-corrected chi connectivity index (χ0v) is 48.4. The second-order valence-electron chi connectivity index (χ2n) is 23.1. The second-order valence-corrected chi connectivity index (χ2v) is 23.1. The van der Waals surface area contributed by atoms with Crippen LogP contribution >= 0.6 is 0 Å². The molecule has 6 N–H and O–H groups in total. The maximum atomic E-state index is 13.3. The van der Waals surface area contributed by atoms with Crippen LogP contribution in [0.15, 0.2) is 91.4 Å². The van der Waals surface area contributed by atoms with E-state index in [0.717, 1.165) is 138 Å². The molecule has 3 aromatic heterocycles. The van der Waals surface area contributed by atoms with E-state index in [-0.39, 0.29) is 36.8 Å². The van der Waals surface area contributed by atoms with Gasteiger partial charge in [0.25, 0.3) is 11.8 Å². The van der Waals surface area contributed by atoms with Crippen molar-refractivity contribution in [2.24, 2.45) is 5.73 Å². The number of rotatable bonds is 10. The first-order valence-electron chi connectivity index (χ1n) is 29.2. The van der Waals surface area contributed by atoms with Crippen LogP contribution in [0.4, 0.5) is 0 Å². The molecule has 434 valence electrons. The molecular formula is C67H76N6O10. The molecule has 2 amide bonds. The second kappa shape index (κ2) is 25.6. The Bertz CT molecular complexity index is 3490. The van der Waals surface area contributed by atoms with Crippen molar-refractivity contribution >= 4 is 35.7 Å². The number of carbonyl (C=O) groups excluding carboxylic acids is 4. The van der Waals surface area contributed by atoms with Gasteiger partial charge in [-0.05, 0) is 215 Å². The number of pyridine rings is 3. The summed E-state index contributed by atoms with van der Waals surface area (Å²) in [7, 11) is 0. The van der Waals surface area contributed by atoms with Gasteiger partial charge in [-0.3, -0.25) is 29.3 Å². The predicted molar refractivity (Wildman–Crippen MR) is 314 cm³/mol. The van der Waals surface area contributed by atoms with Gasteiger partial charge in [-0.15, -0.1) is 0 Å². The average Bonchev–Trinajstić information content (AvgIpc) is 4.40. The Kier molecular flexibility index (Phi) is 18.3. The Morgan fingerprint density at radius 1 is 0.470 bits per heavy atom. The number of aryl methyl sites for hydroxylation is 6. The zero-order chi connectivity index (χ0) is 59.1. The average molecular weight is 1130 g/mol. The smallest absolute Gasteiger partial charge is 0.335 e. The molecule has 3 heterocycles. The number of carbonyl (C=O) groups is 6. The van der Waals surface area contributed by atoms with Gasteiger partial charge in [0.15, 0.2) is 0 Å². The number of nitrogens with two attached hydrogens (primary N) is 1. The molecule has 3 aromatic carbocycles. The van der Waals surface area contributed by atoms with E-state index >= 15 is 0 Å². The number of fused-ring (bicyclic) bond motifs is 6. The van der Waals surface area contributed by atoms with Gasteiger partial charge in [-0.25, -0.2) is 14.4 Å². The summed E-state index contributed by atoms with van der Waals surface area (Å²) >= 11 is 0. The lowest BCUT2D eigenvalue weighted by molar-refractivity contribution is -0.150. The van der Waals surface area contributed by atoms with E-state index in [9.17, 15) is 33.9 Å². The van der Waals surface area contributed by atoms with Gasteiger partial charge in [-0.1, -0.05) is 36.4 Å². The Morgan fingerprint density at radius 3 is 1.27 bits per heavy atom. The standard InChI is InChI=1S/C23H26N2O3.C21H22N2O3.C12H16N2O2.C11H12O2/c1-3-28-22(27)23(12-17-11-15(2)24-14-18(17)13-23)25-21(26)20-10-6-8-16-7-4-5-9-19(16)20;1-13-9-15-10-21(20(25)26,11-16(15)12-22-13)23-19(24)18-8-4-6-14-5-2-3-7-17(14)18;1-3-16-11(15)12(13)5-9-4-8(2)14-7-10(9)6-12;12-11(13)10-7-3-5-8-4-1-2-6-9(8)10/h6,8,10-11,14H,3-5,7,9,12-13H2,1-2H3,(H,25,26);4,6,8-9,12H,2-3,5,7,10-11H2,1H3,(H,23,24)(H,25,26);4,7H,3,5-6,13H2,1-2H3;3,5,7H,1-2,4,6H2,(H,12,13). The van der Waals surface area contributed by atoms with E-state index in [0.29, 0.717) is 55.4 Å². The molecule has 16 nitrogen and oxygen atoms in total. The summed E-state index contributed by atoms with van der Waals surface area (Å²) in [4.78, 5) is 86.8. The molecule has 6 aliphatic carbocycles. The van der Waals surface area contributed by atoms with Crippen molar-refractivity contribution in [1.29, 1.82) is 0 Å². The van der Waals surface area contributed by atoms with Crippen LogP contribution in [-0.2, 0) is 101 Å². The minimum Gasteiger partial charge on any atom is -0.479 e. The molecule has 12 rings (SSSR count). The predicted octanol–water partition coefficient (Wildman–Crippen LogP) is 8.73. The van der Waals surface area contributed by atoms with Crippen LogP contribution in [0.5, 0.6) is 0 Å². The van der Waals surface area contributed by atoms with Gasteiger partial charge < -0.3 is 36.1 Å². The summed E-state index contributed by atoms with van der Waals surface area (Å²) in [6, 6.07) is 23.2. The summed E-state index contributed by atoms with van der Waals surface area (Å²) in [6.45, 7) is 9.97. The van der Waals surface area contributed by atoms with E-state index in [1.165, 1.54) is 23.1 Å². The molecule has 16 heteroatoms. The molecule has 0 saturated heterocycles. The van der Waals surface area contributed by atoms with Crippen molar-refractivity contribution in [3.8, 4) is 0 Å². The van der Waals surface area contributed by atoms with Crippen LogP contribution in [0.2, 0.25) is 0 Å². The number of hydrogen-bond donors (Lipinski definition) is 5. The number of esters is 2. The van der Waals surface area contributed by atoms with Crippen molar-refractivity contribution in [1.82, 2.24) is 25.6 Å². The van der Waals surface area contributed by atoms with Gasteiger partial charge >= 0.3 is 23.9 Å². The lowest BCUT2D eigenvalue weighted by Gasteiger charge is -2.29. The Hall–Kier alpha value is -8.11. The van der Waals surface area contributed by atoms with E-state index in [1.807, 2.05) is 81.6 Å². The highest BCUT2D eigenvalue weighted by molar-refractivity contribution is 6.01. The molecule has 0 fully saturated rings. The number of ether oxygens (including phenoxy) is 2. The highest BCUT2D eigenvalue weighted by Crippen LogP contribution is 2.35. The number of amides is 2. The lowest BCUT2D eigenvalue weighted by Crippen LogP contribution is -2.56. The van der Waals surface area contributed by atoms with Crippen molar-refractivity contribution in [2.45, 2.75) is 167 Å². The largest absolute Gasteiger partial charge is 0.479 e. The number of hydrogen-bond acceptors (Lipinski definition) is 12. The minimum absolute atomic E-state index is 0.190. The molecule has 6 aromatic rings. The third-order valence-electron chi connectivity index (χ3n) is 17.0. The van der Waals surface area contributed by atoms with Gasteiger partial charge in [-0.2, -0.15) is 0 Å². The van der Waals surface area contributed by atoms with Gasteiger partial charge in [0.2, 0.25) is 0 Å². The van der Waals surface area contributed by atoms with Gasteiger partial charge in [0, 0.05) is 85.3 Å². The van der Waals surface area contributed by atoms with Crippen molar-refractivity contribution in [3.05, 3.63) is 192 Å². The molecule has 6 aliphatic rings. The summed E-state index contributed by atoms with van der Waals surface area (Å²) in [5.74, 6) is -2.96. The van der Waals surface area contributed by atoms with E-state index in [4.69, 9.17) is 20.3 Å². The number of aromatic nitrogens is 3. The Labute approximate surface area is 485 Å². The van der Waals surface area contributed by atoms with Crippen LogP contribution < -0.4 is 16.4 Å². The molecule has 3 unspecified atom stereocenters. The Balaban J connectivity index is 0.000000139. The van der Waals surface area contributed by atoms with Crippen LogP contribution in [0.3, 0.4) is 0 Å². The molecule has 83 heavy (non-hydrogen) atoms. The summed E-state index contributed by atoms with van der Waals surface area (Å²) in [5, 5.41) is 24.8. The third-order valence-corrected chi connectivity index (χ3v) is 17.0. The zero-order valence-electron chi connectivity index (χ0n) is 48.4. The molecule has 3 atom stereocenters. The fourth-order valence-electron chi connectivity index (χ4n) is 12.9. The first-order chi connectivity index (χ1) is 39.8. The summed E-state index contributed by atoms with van der Waals surface area (Å²) in [5.41, 5.74) is 20.3. The number of nitrogens with one attached hydrogen (secondary N) is 2. The van der Waals surface area contributed by atoms with Crippen LogP contribution in [-0.4, -0.2) is 90.7 Å². The van der Waals surface area contributed by atoms with E-state index < -0.39 is 28.6 Å². The van der Waals surface area contributed by atoms with Crippen LogP contribution in [0, 0.1) is 20.8 Å². The van der Waals surface area contributed by atoms with Crippen molar-refractivity contribution < 1.29 is 48.5 Å². The van der Waals surface area contributed by atoms with E-state index in [1.54, 1.807) is 32.3 Å². The minimum atomic E-state index is -1.30. The highest BCUT2D eigenvalue weighted by Gasteiger charge is 2.48. The van der Waals surface area contributed by atoms with Crippen molar-refractivity contribution in [3.63, 3.8) is 0 Å². The SMILES string of the molecule is CCOC(=O)C1(N)Cc2cnc(C)cc2C1.CCOC(=O)C1(NC(=O)c2cccc3c2CCCC3)Cc2cnc(C)cc2C1.Cc1cc2c(cn1)CC(NC(=O)c1cccc3c1CCCC3)(C(=O)O)C2.O=C(O)c1cccc2c1CCCC2. The summed E-state index contributed by atoms with van der Waals surface area (Å²) < 4.78 is 10.4. The number of carboxylic acid groups (broad SMARTS) is 2. The van der Waals surface area contributed by atoms with Crippen LogP contribution in [0.1, 0.15) is 167 Å².